The van der Waals surface area contributed by atoms with Gasteiger partial charge in [0.1, 0.15) is 6.04 Å². The van der Waals surface area contributed by atoms with E-state index in [9.17, 15) is 14.7 Å². The molecule has 2 fully saturated rings. The number of rotatable bonds is 5. The SMILES string of the molecule is Cc1cccc(CSCC(=O)N2CC3(CCSCC3)CC2C(=O)O)c1. The summed E-state index contributed by atoms with van der Waals surface area (Å²) in [5, 5.41) is 9.57. The van der Waals surface area contributed by atoms with Gasteiger partial charge in [-0.1, -0.05) is 29.8 Å². The van der Waals surface area contributed by atoms with Gasteiger partial charge < -0.3 is 10.0 Å². The molecule has 1 aromatic rings. The van der Waals surface area contributed by atoms with E-state index in [4.69, 9.17) is 0 Å². The van der Waals surface area contributed by atoms with Crippen molar-refractivity contribution in [3.63, 3.8) is 0 Å². The Morgan fingerprint density at radius 2 is 2.12 bits per heavy atom. The highest BCUT2D eigenvalue weighted by atomic mass is 32.2. The number of carbonyl (C=O) groups is 2. The molecule has 1 atom stereocenters. The molecule has 3 rings (SSSR count). The van der Waals surface area contributed by atoms with Crippen molar-refractivity contribution in [1.82, 2.24) is 4.90 Å². The minimum atomic E-state index is -0.855. The van der Waals surface area contributed by atoms with Gasteiger partial charge in [0.25, 0.3) is 0 Å². The molecular formula is C19H25NO3S2. The van der Waals surface area contributed by atoms with Crippen LogP contribution in [0, 0.1) is 12.3 Å². The maximum absolute atomic E-state index is 12.7. The number of aliphatic carboxylic acids is 1. The number of amides is 1. The maximum Gasteiger partial charge on any atom is 0.326 e. The molecule has 1 N–H and O–H groups in total. The highest BCUT2D eigenvalue weighted by Crippen LogP contribution is 2.45. The third-order valence-electron chi connectivity index (χ3n) is 5.24. The molecule has 1 unspecified atom stereocenters. The second kappa shape index (κ2) is 8.04. The van der Waals surface area contributed by atoms with Crippen LogP contribution in [0.3, 0.4) is 0 Å². The van der Waals surface area contributed by atoms with Crippen molar-refractivity contribution in [2.75, 3.05) is 23.8 Å². The lowest BCUT2D eigenvalue weighted by Crippen LogP contribution is -2.41. The van der Waals surface area contributed by atoms with E-state index >= 15 is 0 Å². The van der Waals surface area contributed by atoms with Gasteiger partial charge in [-0.2, -0.15) is 11.8 Å². The molecule has 0 aromatic heterocycles. The van der Waals surface area contributed by atoms with Gasteiger partial charge in [0.15, 0.2) is 0 Å². The van der Waals surface area contributed by atoms with E-state index in [0.717, 1.165) is 30.1 Å². The predicted molar refractivity (Wildman–Crippen MR) is 104 cm³/mol. The molecule has 4 nitrogen and oxygen atoms in total. The fourth-order valence-corrected chi connectivity index (χ4v) is 6.06. The Balaban J connectivity index is 1.58. The lowest BCUT2D eigenvalue weighted by Gasteiger charge is -2.32. The molecule has 0 aliphatic carbocycles. The fourth-order valence-electron chi connectivity index (χ4n) is 3.85. The number of likely N-dealkylation sites (tertiary alicyclic amines) is 1. The van der Waals surface area contributed by atoms with Gasteiger partial charge in [0, 0.05) is 12.3 Å². The molecule has 2 saturated heterocycles. The van der Waals surface area contributed by atoms with Crippen LogP contribution in [0.5, 0.6) is 0 Å². The molecule has 2 aliphatic rings. The van der Waals surface area contributed by atoms with E-state index in [1.165, 1.54) is 11.1 Å². The zero-order valence-electron chi connectivity index (χ0n) is 14.6. The van der Waals surface area contributed by atoms with Crippen LogP contribution >= 0.6 is 23.5 Å². The molecule has 1 spiro atoms. The second-order valence-electron chi connectivity index (χ2n) is 7.17. The molecule has 1 amide bonds. The Morgan fingerprint density at radius 3 is 2.80 bits per heavy atom. The first-order valence-electron chi connectivity index (χ1n) is 8.72. The van der Waals surface area contributed by atoms with Crippen molar-refractivity contribution >= 4 is 35.4 Å². The highest BCUT2D eigenvalue weighted by molar-refractivity contribution is 7.99. The standard InChI is InChI=1S/C19H25NO3S2/c1-14-3-2-4-15(9-14)11-25-12-17(21)20-13-19(5-7-24-8-6-19)10-16(20)18(22)23/h2-4,9,16H,5-8,10-13H2,1H3,(H,22,23). The summed E-state index contributed by atoms with van der Waals surface area (Å²) in [5.41, 5.74) is 2.45. The van der Waals surface area contributed by atoms with Crippen LogP contribution in [0.15, 0.2) is 24.3 Å². The normalized spacial score (nSPS) is 22.3. The summed E-state index contributed by atoms with van der Waals surface area (Å²) in [6.45, 7) is 2.68. The van der Waals surface area contributed by atoms with Crippen molar-refractivity contribution in [2.45, 2.75) is 38.0 Å². The summed E-state index contributed by atoms with van der Waals surface area (Å²) in [6, 6.07) is 7.63. The number of carboxylic acids is 1. The Labute approximate surface area is 157 Å². The van der Waals surface area contributed by atoms with Gasteiger partial charge in [-0.3, -0.25) is 4.79 Å². The van der Waals surface area contributed by atoms with Crippen LogP contribution in [-0.2, 0) is 15.3 Å². The average Bonchev–Trinajstić information content (AvgIpc) is 2.95. The lowest BCUT2D eigenvalue weighted by molar-refractivity contribution is -0.147. The zero-order chi connectivity index (χ0) is 17.9. The molecule has 6 heteroatoms. The molecule has 0 bridgehead atoms. The average molecular weight is 380 g/mol. The van der Waals surface area contributed by atoms with Gasteiger partial charge in [-0.15, -0.1) is 11.8 Å². The number of nitrogens with zero attached hydrogens (tertiary/aromatic N) is 1. The number of carboxylic acid groups (broad SMARTS) is 1. The number of hydrogen-bond donors (Lipinski definition) is 1. The van der Waals surface area contributed by atoms with Crippen molar-refractivity contribution < 1.29 is 14.7 Å². The Hall–Kier alpha value is -1.14. The van der Waals surface area contributed by atoms with Gasteiger partial charge in [0.2, 0.25) is 5.91 Å². The number of hydrogen-bond acceptors (Lipinski definition) is 4. The van der Waals surface area contributed by atoms with E-state index in [0.29, 0.717) is 18.7 Å². The van der Waals surface area contributed by atoms with Crippen molar-refractivity contribution in [3.05, 3.63) is 35.4 Å². The smallest absolute Gasteiger partial charge is 0.326 e. The zero-order valence-corrected chi connectivity index (χ0v) is 16.2. The largest absolute Gasteiger partial charge is 0.480 e. The Bertz CT molecular complexity index is 643. The van der Waals surface area contributed by atoms with Crippen LogP contribution in [0.4, 0.5) is 0 Å². The summed E-state index contributed by atoms with van der Waals surface area (Å²) >= 11 is 3.50. The topological polar surface area (TPSA) is 57.6 Å². The molecule has 2 heterocycles. The molecule has 25 heavy (non-hydrogen) atoms. The Kier molecular flexibility index (Phi) is 6.00. The molecule has 2 aliphatic heterocycles. The highest BCUT2D eigenvalue weighted by Gasteiger charge is 2.48. The Morgan fingerprint density at radius 1 is 1.36 bits per heavy atom. The molecular weight excluding hydrogens is 354 g/mol. The predicted octanol–water partition coefficient (Wildman–Crippen LogP) is 3.43. The summed E-state index contributed by atoms with van der Waals surface area (Å²) in [6.07, 6.45) is 2.68. The van der Waals surface area contributed by atoms with Crippen LogP contribution in [-0.4, -0.2) is 51.7 Å². The van der Waals surface area contributed by atoms with Crippen molar-refractivity contribution in [3.8, 4) is 0 Å². The monoisotopic (exact) mass is 379 g/mol. The minimum Gasteiger partial charge on any atom is -0.480 e. The minimum absolute atomic E-state index is 0.0276. The van der Waals surface area contributed by atoms with E-state index in [1.807, 2.05) is 17.8 Å². The maximum atomic E-state index is 12.7. The lowest BCUT2D eigenvalue weighted by atomic mass is 9.80. The van der Waals surface area contributed by atoms with Crippen LogP contribution in [0.1, 0.15) is 30.4 Å². The molecule has 0 saturated carbocycles. The number of carbonyl (C=O) groups excluding carboxylic acids is 1. The first kappa shape index (κ1) is 18.6. The third-order valence-corrected chi connectivity index (χ3v) is 7.22. The number of aryl methyl sites for hydroxylation is 1. The second-order valence-corrected chi connectivity index (χ2v) is 9.38. The van der Waals surface area contributed by atoms with Gasteiger partial charge in [-0.25, -0.2) is 4.79 Å². The van der Waals surface area contributed by atoms with Crippen molar-refractivity contribution in [1.29, 1.82) is 0 Å². The quantitative estimate of drug-likeness (QED) is 0.849. The summed E-state index contributed by atoms with van der Waals surface area (Å²) in [7, 11) is 0. The number of thioether (sulfide) groups is 2. The summed E-state index contributed by atoms with van der Waals surface area (Å²) < 4.78 is 0. The summed E-state index contributed by atoms with van der Waals surface area (Å²) in [4.78, 5) is 26.0. The third kappa shape index (κ3) is 4.53. The van der Waals surface area contributed by atoms with E-state index in [2.05, 4.69) is 25.1 Å². The fraction of sp³-hybridized carbons (Fsp3) is 0.579. The molecule has 0 radical (unpaired) electrons. The van der Waals surface area contributed by atoms with E-state index in [1.54, 1.807) is 16.7 Å². The van der Waals surface area contributed by atoms with Crippen LogP contribution < -0.4 is 0 Å². The van der Waals surface area contributed by atoms with Gasteiger partial charge >= 0.3 is 5.97 Å². The van der Waals surface area contributed by atoms with E-state index < -0.39 is 12.0 Å². The van der Waals surface area contributed by atoms with Gasteiger partial charge in [-0.05, 0) is 48.7 Å². The first-order valence-corrected chi connectivity index (χ1v) is 11.0. The van der Waals surface area contributed by atoms with Crippen LogP contribution in [0.2, 0.25) is 0 Å². The van der Waals surface area contributed by atoms with Crippen LogP contribution in [0.25, 0.3) is 0 Å². The number of benzene rings is 1. The van der Waals surface area contributed by atoms with Crippen molar-refractivity contribution in [2.24, 2.45) is 5.41 Å². The van der Waals surface area contributed by atoms with Gasteiger partial charge in [0.05, 0.1) is 5.75 Å². The first-order chi connectivity index (χ1) is 12.0. The molecule has 136 valence electrons. The summed E-state index contributed by atoms with van der Waals surface area (Å²) in [5.74, 6) is 2.41. The molecule has 1 aromatic carbocycles. The van der Waals surface area contributed by atoms with E-state index in [-0.39, 0.29) is 11.3 Å².